The molecule has 0 fully saturated rings. The van der Waals surface area contributed by atoms with Gasteiger partial charge in [-0.15, -0.1) is 0 Å². The van der Waals surface area contributed by atoms with Crippen LogP contribution in [0.5, 0.6) is 0 Å². The van der Waals surface area contributed by atoms with Gasteiger partial charge in [0.15, 0.2) is 0 Å². The summed E-state index contributed by atoms with van der Waals surface area (Å²) in [7, 11) is 0. The highest BCUT2D eigenvalue weighted by molar-refractivity contribution is 6.12. The summed E-state index contributed by atoms with van der Waals surface area (Å²) < 4.78 is 5.26. The minimum atomic E-state index is -0.969. The minimum absolute atomic E-state index is 0.136. The summed E-state index contributed by atoms with van der Waals surface area (Å²) in [6.07, 6.45) is 5.17. The first-order chi connectivity index (χ1) is 23.8. The first-order valence-corrected chi connectivity index (χ1v) is 17.0. The third-order valence-electron chi connectivity index (χ3n) is 7.75. The Morgan fingerprint density at radius 2 is 1.46 bits per heavy atom. The van der Waals surface area contributed by atoms with Crippen molar-refractivity contribution in [3.05, 3.63) is 77.9 Å². The number of hydrogen-bond donors (Lipinski definition) is 5. The van der Waals surface area contributed by atoms with E-state index in [-0.39, 0.29) is 50.1 Å². The molecule has 1 aliphatic heterocycles. The zero-order valence-corrected chi connectivity index (χ0v) is 29.0. The first kappa shape index (κ1) is 39.4. The smallest absolute Gasteiger partial charge is 0.407 e. The van der Waals surface area contributed by atoms with E-state index < -0.39 is 35.6 Å². The number of alkyl carbamates (subject to hydrolysis) is 1. The van der Waals surface area contributed by atoms with Gasteiger partial charge in [-0.2, -0.15) is 0 Å². The Hall–Kier alpha value is -5.04. The van der Waals surface area contributed by atoms with Crippen molar-refractivity contribution < 1.29 is 38.6 Å². The molecule has 1 heterocycles. The molecule has 2 aromatic rings. The van der Waals surface area contributed by atoms with Gasteiger partial charge in [0, 0.05) is 43.8 Å². The summed E-state index contributed by atoms with van der Waals surface area (Å²) in [5.41, 5.74) is 1.35. The second kappa shape index (κ2) is 19.8. The Morgan fingerprint density at radius 3 is 2.10 bits per heavy atom. The van der Waals surface area contributed by atoms with E-state index in [1.807, 2.05) is 30.3 Å². The number of anilines is 1. The summed E-state index contributed by atoms with van der Waals surface area (Å²) in [6.45, 7) is 5.76. The maximum Gasteiger partial charge on any atom is 0.407 e. The SMILES string of the molecule is CC(C)(C)OC(=O)NCCCC[C@H](NC(=O)[C@H](Cc1ccccc1)NC(=O)CCCCCN1C(=O)C=CC1=O)C(=O)Nc1ccc(CO)cc1. The van der Waals surface area contributed by atoms with Crippen LogP contribution in [0.2, 0.25) is 0 Å². The summed E-state index contributed by atoms with van der Waals surface area (Å²) >= 11 is 0. The van der Waals surface area contributed by atoms with Crippen LogP contribution in [-0.4, -0.2) is 76.4 Å². The fourth-order valence-corrected chi connectivity index (χ4v) is 5.15. The van der Waals surface area contributed by atoms with Crippen molar-refractivity contribution >= 4 is 41.3 Å². The molecule has 270 valence electrons. The highest BCUT2D eigenvalue weighted by Gasteiger charge is 2.27. The number of benzene rings is 2. The molecule has 0 saturated carbocycles. The number of amides is 6. The number of nitrogens with zero attached hydrogens (tertiary/aromatic N) is 1. The van der Waals surface area contributed by atoms with Crippen molar-refractivity contribution in [3.8, 4) is 0 Å². The lowest BCUT2D eigenvalue weighted by molar-refractivity contribution is -0.137. The largest absolute Gasteiger partial charge is 0.444 e. The van der Waals surface area contributed by atoms with Crippen molar-refractivity contribution in [1.29, 1.82) is 0 Å². The van der Waals surface area contributed by atoms with Crippen LogP contribution in [0.3, 0.4) is 0 Å². The maximum absolute atomic E-state index is 13.7. The fourth-order valence-electron chi connectivity index (χ4n) is 5.15. The molecule has 13 nitrogen and oxygen atoms in total. The third-order valence-corrected chi connectivity index (χ3v) is 7.75. The number of aliphatic hydroxyl groups is 1. The molecule has 6 amide bonds. The Bertz CT molecular complexity index is 1470. The number of imide groups is 1. The number of nitrogens with one attached hydrogen (secondary N) is 4. The Morgan fingerprint density at radius 1 is 0.780 bits per heavy atom. The molecule has 0 unspecified atom stereocenters. The van der Waals surface area contributed by atoms with Gasteiger partial charge in [-0.05, 0) is 76.1 Å². The van der Waals surface area contributed by atoms with Gasteiger partial charge in [0.1, 0.15) is 17.7 Å². The second-order valence-electron chi connectivity index (χ2n) is 13.1. The van der Waals surface area contributed by atoms with Gasteiger partial charge >= 0.3 is 6.09 Å². The molecule has 1 aliphatic rings. The minimum Gasteiger partial charge on any atom is -0.444 e. The predicted octanol–water partition coefficient (Wildman–Crippen LogP) is 3.51. The quantitative estimate of drug-likeness (QED) is 0.110. The molecule has 0 aromatic heterocycles. The van der Waals surface area contributed by atoms with Crippen molar-refractivity contribution in [2.75, 3.05) is 18.4 Å². The second-order valence-corrected chi connectivity index (χ2v) is 13.1. The molecule has 13 heteroatoms. The lowest BCUT2D eigenvalue weighted by atomic mass is 10.0. The van der Waals surface area contributed by atoms with Crippen LogP contribution >= 0.6 is 0 Å². The molecule has 0 spiro atoms. The van der Waals surface area contributed by atoms with E-state index in [0.717, 1.165) is 10.5 Å². The molecule has 2 atom stereocenters. The number of carbonyl (C=O) groups excluding carboxylic acids is 6. The Labute approximate surface area is 293 Å². The Kier molecular flexibility index (Phi) is 15.6. The monoisotopic (exact) mass is 691 g/mol. The number of carbonyl (C=O) groups is 6. The van der Waals surface area contributed by atoms with Crippen LogP contribution in [0.4, 0.5) is 10.5 Å². The lowest BCUT2D eigenvalue weighted by Gasteiger charge is -2.24. The molecular weight excluding hydrogens is 642 g/mol. The number of hydrogen-bond acceptors (Lipinski definition) is 8. The van der Waals surface area contributed by atoms with E-state index in [9.17, 15) is 33.9 Å². The van der Waals surface area contributed by atoms with Gasteiger partial charge in [0.25, 0.3) is 11.8 Å². The highest BCUT2D eigenvalue weighted by Crippen LogP contribution is 2.13. The van der Waals surface area contributed by atoms with Crippen LogP contribution in [0, 0.1) is 0 Å². The average molecular weight is 692 g/mol. The van der Waals surface area contributed by atoms with E-state index in [2.05, 4.69) is 21.3 Å². The molecule has 0 bridgehead atoms. The normalized spacial score (nSPS) is 13.8. The third kappa shape index (κ3) is 14.2. The van der Waals surface area contributed by atoms with E-state index in [1.165, 1.54) is 12.2 Å². The van der Waals surface area contributed by atoms with Crippen LogP contribution in [0.15, 0.2) is 66.7 Å². The van der Waals surface area contributed by atoms with Gasteiger partial charge in [0.05, 0.1) is 6.61 Å². The van der Waals surface area contributed by atoms with Gasteiger partial charge in [-0.3, -0.25) is 28.9 Å². The van der Waals surface area contributed by atoms with Crippen molar-refractivity contribution in [3.63, 3.8) is 0 Å². The lowest BCUT2D eigenvalue weighted by Crippen LogP contribution is -2.53. The van der Waals surface area contributed by atoms with E-state index in [1.54, 1.807) is 45.0 Å². The van der Waals surface area contributed by atoms with Crippen molar-refractivity contribution in [1.82, 2.24) is 20.9 Å². The van der Waals surface area contributed by atoms with E-state index in [0.29, 0.717) is 49.9 Å². The van der Waals surface area contributed by atoms with E-state index >= 15 is 0 Å². The first-order valence-electron chi connectivity index (χ1n) is 17.0. The molecule has 0 saturated heterocycles. The number of rotatable bonds is 19. The standard InChI is InChI=1S/C37H49N5O8/c1-37(2,3)50-36(49)38-22-10-9-14-29(34(47)39-28-18-16-27(25-43)17-19-28)41-35(48)30(24-26-12-6-4-7-13-26)40-31(44)15-8-5-11-23-42-32(45)20-21-33(42)46/h4,6-7,12-13,16-21,29-30,43H,5,8-11,14-15,22-25H2,1-3H3,(H,38,49)(H,39,47)(H,40,44)(H,41,48)/t29-,30-/m0/s1. The van der Waals surface area contributed by atoms with Crippen LogP contribution in [0.25, 0.3) is 0 Å². The molecule has 50 heavy (non-hydrogen) atoms. The van der Waals surface area contributed by atoms with Crippen LogP contribution < -0.4 is 21.3 Å². The summed E-state index contributed by atoms with van der Waals surface area (Å²) in [4.78, 5) is 76.9. The average Bonchev–Trinajstić information content (AvgIpc) is 3.39. The highest BCUT2D eigenvalue weighted by atomic mass is 16.6. The summed E-state index contributed by atoms with van der Waals surface area (Å²) in [5, 5.41) is 20.5. The predicted molar refractivity (Wildman–Crippen MR) is 187 cm³/mol. The number of ether oxygens (including phenoxy) is 1. The molecule has 2 aromatic carbocycles. The van der Waals surface area contributed by atoms with Crippen molar-refractivity contribution in [2.24, 2.45) is 0 Å². The van der Waals surface area contributed by atoms with Gasteiger partial charge in [0.2, 0.25) is 17.7 Å². The topological polar surface area (TPSA) is 183 Å². The van der Waals surface area contributed by atoms with Crippen LogP contribution in [0.1, 0.15) is 76.8 Å². The molecule has 5 N–H and O–H groups in total. The van der Waals surface area contributed by atoms with E-state index in [4.69, 9.17) is 4.74 Å². The molecule has 0 radical (unpaired) electrons. The summed E-state index contributed by atoms with van der Waals surface area (Å²) in [5.74, 6) is -2.00. The number of unbranched alkanes of at least 4 members (excludes halogenated alkanes) is 3. The number of aliphatic hydroxyl groups excluding tert-OH is 1. The molecule has 3 rings (SSSR count). The van der Waals surface area contributed by atoms with Gasteiger partial charge < -0.3 is 31.1 Å². The molecule has 0 aliphatic carbocycles. The Balaban J connectivity index is 1.62. The zero-order chi connectivity index (χ0) is 36.5. The maximum atomic E-state index is 13.7. The zero-order valence-electron chi connectivity index (χ0n) is 29.0. The van der Waals surface area contributed by atoms with Gasteiger partial charge in [-0.25, -0.2) is 4.79 Å². The fraction of sp³-hybridized carbons (Fsp3) is 0.459. The van der Waals surface area contributed by atoms with Crippen LogP contribution in [-0.2, 0) is 41.7 Å². The molecular formula is C37H49N5O8. The van der Waals surface area contributed by atoms with Gasteiger partial charge in [-0.1, -0.05) is 48.9 Å². The van der Waals surface area contributed by atoms with Crippen molar-refractivity contribution in [2.45, 2.75) is 96.4 Å². The summed E-state index contributed by atoms with van der Waals surface area (Å²) in [6, 6.07) is 14.0.